The van der Waals surface area contributed by atoms with Crippen molar-refractivity contribution >= 4 is 39.3 Å². The van der Waals surface area contributed by atoms with Gasteiger partial charge in [0.05, 0.1) is 11.2 Å². The Morgan fingerprint density at radius 3 is 2.53 bits per heavy atom. The van der Waals surface area contributed by atoms with Crippen molar-refractivity contribution in [3.63, 3.8) is 0 Å². The summed E-state index contributed by atoms with van der Waals surface area (Å²) in [6.07, 6.45) is 3.45. The first-order valence-corrected chi connectivity index (χ1v) is 10.5. The Morgan fingerprint density at radius 2 is 1.71 bits per heavy atom. The second kappa shape index (κ2) is 9.93. The second-order valence-electron chi connectivity index (χ2n) is 7.72. The molecule has 34 heavy (non-hydrogen) atoms. The maximum absolute atomic E-state index is 13.2. The number of amides is 1. The monoisotopic (exact) mass is 518 g/mol. The lowest BCUT2D eigenvalue weighted by atomic mass is 10.1. The summed E-state index contributed by atoms with van der Waals surface area (Å²) in [4.78, 5) is 30.0. The van der Waals surface area contributed by atoms with Gasteiger partial charge >= 0.3 is 0 Å². The van der Waals surface area contributed by atoms with Gasteiger partial charge in [-0.25, -0.2) is 13.5 Å². The first-order chi connectivity index (χ1) is 16.1. The van der Waals surface area contributed by atoms with Gasteiger partial charge in [-0.2, -0.15) is 0 Å². The van der Waals surface area contributed by atoms with Gasteiger partial charge in [0, 0.05) is 17.1 Å². The molecule has 1 amide bonds. The fourth-order valence-corrected chi connectivity index (χ4v) is 3.93. The Bertz CT molecular complexity index is 1490. The number of nitrogens with zero attached hydrogens (tertiary/aromatic N) is 3. The summed E-state index contributed by atoms with van der Waals surface area (Å²) in [6.45, 7) is 0.148. The van der Waals surface area contributed by atoms with Crippen LogP contribution in [-0.2, 0) is 17.9 Å². The minimum atomic E-state index is -0.386. The number of hydrogen-bond donors (Lipinski definition) is 1. The summed E-state index contributed by atoms with van der Waals surface area (Å²) in [6, 6.07) is 22.5. The van der Waals surface area contributed by atoms with E-state index in [1.54, 1.807) is 21.7 Å². The Labute approximate surface area is 205 Å². The highest BCUT2D eigenvalue weighted by Crippen LogP contribution is 2.21. The zero-order chi connectivity index (χ0) is 22.8. The third-order valence-electron chi connectivity index (χ3n) is 5.48. The maximum Gasteiger partial charge on any atom is 0.266 e. The van der Waals surface area contributed by atoms with Gasteiger partial charge in [-0.3, -0.25) is 14.6 Å². The van der Waals surface area contributed by atoms with Crippen LogP contribution in [0.3, 0.4) is 0 Å². The smallest absolute Gasteiger partial charge is 0.266 e. The number of aromatic nitrogens is 3. The van der Waals surface area contributed by atoms with Crippen LogP contribution in [0.15, 0.2) is 91.4 Å². The molecular weight excluding hydrogens is 499 g/mol. The van der Waals surface area contributed by atoms with Gasteiger partial charge in [0.2, 0.25) is 12.1 Å². The number of nitrogens with one attached hydrogen (secondary N) is 1. The quantitative estimate of drug-likeness (QED) is 0.271. The van der Waals surface area contributed by atoms with Crippen molar-refractivity contribution in [3.8, 4) is 0 Å². The summed E-state index contributed by atoms with van der Waals surface area (Å²) in [5.74, 6) is -0.733. The molecule has 0 fully saturated rings. The third kappa shape index (κ3) is 4.72. The van der Waals surface area contributed by atoms with Crippen LogP contribution in [0, 0.1) is 5.82 Å². The standard InChI is InChI=1S/C26H19FN4O2.BrH/c27-20-12-10-18(11-13-20)24(32)15-30-17-31(23-9-2-1-8-22(23)30)16-25(33)29-21-7-3-5-19-6-4-14-28-26(19)21;/h1-14,17H,15-16H2;1H. The van der Waals surface area contributed by atoms with Crippen molar-refractivity contribution in [2.75, 3.05) is 5.32 Å². The molecule has 2 aromatic heterocycles. The largest absolute Gasteiger partial charge is 1.00 e. The molecule has 0 aliphatic rings. The Morgan fingerprint density at radius 1 is 0.941 bits per heavy atom. The van der Waals surface area contributed by atoms with Crippen LogP contribution in [0.5, 0.6) is 0 Å². The molecule has 170 valence electrons. The Hall–Kier alpha value is -3.91. The molecule has 3 aromatic carbocycles. The van der Waals surface area contributed by atoms with Crippen LogP contribution >= 0.6 is 0 Å². The molecule has 0 aliphatic carbocycles. The van der Waals surface area contributed by atoms with Gasteiger partial charge in [0.25, 0.3) is 5.91 Å². The summed E-state index contributed by atoms with van der Waals surface area (Å²) >= 11 is 0. The minimum absolute atomic E-state index is 0. The molecule has 0 aliphatic heterocycles. The Kier molecular flexibility index (Phi) is 6.79. The van der Waals surface area contributed by atoms with Crippen LogP contribution in [0.1, 0.15) is 10.4 Å². The summed E-state index contributed by atoms with van der Waals surface area (Å²) in [5.41, 5.74) is 3.46. The number of benzene rings is 3. The number of halogens is 2. The van der Waals surface area contributed by atoms with E-state index in [0.717, 1.165) is 21.9 Å². The molecule has 0 bridgehead atoms. The van der Waals surface area contributed by atoms with Crippen LogP contribution in [0.2, 0.25) is 0 Å². The van der Waals surface area contributed by atoms with E-state index >= 15 is 0 Å². The molecule has 0 unspecified atom stereocenters. The first-order valence-electron chi connectivity index (χ1n) is 10.5. The van der Waals surface area contributed by atoms with Crippen molar-refractivity contribution in [2.45, 2.75) is 13.1 Å². The van der Waals surface area contributed by atoms with Crippen LogP contribution in [-0.4, -0.2) is 21.2 Å². The van der Waals surface area contributed by atoms with E-state index in [4.69, 9.17) is 0 Å². The molecule has 0 saturated carbocycles. The normalized spacial score (nSPS) is 10.7. The van der Waals surface area contributed by atoms with E-state index in [1.807, 2.05) is 54.6 Å². The van der Waals surface area contributed by atoms with Crippen LogP contribution in [0.4, 0.5) is 10.1 Å². The predicted octanol–water partition coefficient (Wildman–Crippen LogP) is 1.14. The van der Waals surface area contributed by atoms with Crippen molar-refractivity contribution < 1.29 is 35.5 Å². The maximum atomic E-state index is 13.2. The molecule has 0 radical (unpaired) electrons. The summed E-state index contributed by atoms with van der Waals surface area (Å²) < 4.78 is 16.8. The molecule has 6 nitrogen and oxygen atoms in total. The molecule has 2 heterocycles. The molecule has 1 N–H and O–H groups in total. The highest BCUT2D eigenvalue weighted by atomic mass is 79.9. The topological polar surface area (TPSA) is 67.9 Å². The van der Waals surface area contributed by atoms with Crippen molar-refractivity contribution in [1.29, 1.82) is 0 Å². The van der Waals surface area contributed by atoms with Gasteiger partial charge in [-0.05, 0) is 48.5 Å². The number of para-hydroxylation sites is 3. The second-order valence-corrected chi connectivity index (χ2v) is 7.72. The van der Waals surface area contributed by atoms with Gasteiger partial charge < -0.3 is 22.3 Å². The van der Waals surface area contributed by atoms with E-state index < -0.39 is 0 Å². The van der Waals surface area contributed by atoms with E-state index in [0.29, 0.717) is 11.3 Å². The van der Waals surface area contributed by atoms with E-state index in [9.17, 15) is 14.0 Å². The molecule has 0 spiro atoms. The van der Waals surface area contributed by atoms with Gasteiger partial charge in [0.15, 0.2) is 24.1 Å². The van der Waals surface area contributed by atoms with Crippen molar-refractivity contribution in [2.24, 2.45) is 0 Å². The Balaban J connectivity index is 0.00000274. The fraction of sp³-hybridized carbons (Fsp3) is 0.0769. The average Bonchev–Trinajstić information content (AvgIpc) is 3.16. The zero-order valence-corrected chi connectivity index (χ0v) is 19.6. The van der Waals surface area contributed by atoms with E-state index in [2.05, 4.69) is 10.3 Å². The average molecular weight is 519 g/mol. The summed E-state index contributed by atoms with van der Waals surface area (Å²) in [7, 11) is 0. The lowest BCUT2D eigenvalue weighted by molar-refractivity contribution is -0.657. The van der Waals surface area contributed by atoms with Gasteiger partial charge in [-0.15, -0.1) is 0 Å². The SMILES string of the molecule is O=C(Cn1c[n+](CC(=O)c2ccc(F)cc2)c2ccccc21)Nc1cccc2cccnc12.[Br-]. The molecule has 0 saturated heterocycles. The number of pyridine rings is 1. The number of hydrogen-bond acceptors (Lipinski definition) is 3. The van der Waals surface area contributed by atoms with Gasteiger partial charge in [0.1, 0.15) is 5.82 Å². The number of carbonyl (C=O) groups excluding carboxylic acids is 2. The third-order valence-corrected chi connectivity index (χ3v) is 5.48. The number of ketones is 1. The predicted molar refractivity (Wildman–Crippen MR) is 123 cm³/mol. The highest BCUT2D eigenvalue weighted by Gasteiger charge is 2.20. The molecule has 8 heteroatoms. The number of imidazole rings is 1. The van der Waals surface area contributed by atoms with E-state index in [-0.39, 0.29) is 47.6 Å². The number of rotatable bonds is 6. The lowest BCUT2D eigenvalue weighted by Gasteiger charge is -2.07. The number of fused-ring (bicyclic) bond motifs is 2. The highest BCUT2D eigenvalue weighted by molar-refractivity contribution is 6.00. The van der Waals surface area contributed by atoms with Crippen molar-refractivity contribution in [1.82, 2.24) is 9.55 Å². The first kappa shape index (κ1) is 23.3. The fourth-order valence-electron chi connectivity index (χ4n) is 3.93. The molecule has 0 atom stereocenters. The van der Waals surface area contributed by atoms with Crippen molar-refractivity contribution in [3.05, 3.63) is 103 Å². The lowest BCUT2D eigenvalue weighted by Crippen LogP contribution is -3.00. The molecular formula is C26H20BrFN4O2. The summed E-state index contributed by atoms with van der Waals surface area (Å²) in [5, 5.41) is 3.89. The number of anilines is 1. The van der Waals surface area contributed by atoms with E-state index in [1.165, 1.54) is 24.3 Å². The zero-order valence-electron chi connectivity index (χ0n) is 18.0. The van der Waals surface area contributed by atoms with Gasteiger partial charge in [-0.1, -0.05) is 30.3 Å². The molecule has 5 rings (SSSR count). The van der Waals surface area contributed by atoms with Crippen LogP contribution in [0.25, 0.3) is 21.9 Å². The number of carbonyl (C=O) groups is 2. The molecule has 5 aromatic rings. The number of Topliss-reactive ketones (excluding diaryl/α,β-unsaturated/α-hetero) is 1. The minimum Gasteiger partial charge on any atom is -1.00 e. The van der Waals surface area contributed by atoms with Crippen LogP contribution < -0.4 is 26.9 Å².